The minimum atomic E-state index is 0.133. The molecule has 2 atom stereocenters. The number of aromatic nitrogens is 1. The van der Waals surface area contributed by atoms with Crippen molar-refractivity contribution in [2.24, 2.45) is 11.7 Å². The summed E-state index contributed by atoms with van der Waals surface area (Å²) in [6.07, 6.45) is 4.61. The van der Waals surface area contributed by atoms with Crippen molar-refractivity contribution in [1.29, 1.82) is 0 Å². The van der Waals surface area contributed by atoms with E-state index in [1.165, 1.54) is 0 Å². The molecule has 25 heavy (non-hydrogen) atoms. The normalized spacial score (nSPS) is 20.7. The predicted octanol–water partition coefficient (Wildman–Crippen LogP) is 3.51. The molecule has 1 aromatic carbocycles. The van der Waals surface area contributed by atoms with Crippen LogP contribution in [0.25, 0.3) is 11.3 Å². The third-order valence-electron chi connectivity index (χ3n) is 4.81. The maximum atomic E-state index is 12.5. The maximum absolute atomic E-state index is 12.5. The molecule has 6 heteroatoms. The second-order valence-electron chi connectivity index (χ2n) is 6.73. The first-order valence-electron chi connectivity index (χ1n) is 8.77. The molecule has 0 bridgehead atoms. The van der Waals surface area contributed by atoms with Gasteiger partial charge in [0, 0.05) is 42.6 Å². The Balaban J connectivity index is 1.58. The molecule has 0 saturated carbocycles. The van der Waals surface area contributed by atoms with Crippen LogP contribution in [0, 0.1) is 5.92 Å². The van der Waals surface area contributed by atoms with Crippen LogP contribution in [0.5, 0.6) is 0 Å². The summed E-state index contributed by atoms with van der Waals surface area (Å²) < 4.78 is 5.77. The average Bonchev–Trinajstić information content (AvgIpc) is 3.09. The number of oxazole rings is 1. The highest BCUT2D eigenvalue weighted by atomic mass is 35.5. The molecule has 5 nitrogen and oxygen atoms in total. The predicted molar refractivity (Wildman–Crippen MR) is 98.2 cm³/mol. The van der Waals surface area contributed by atoms with Crippen LogP contribution in [0.1, 0.15) is 32.1 Å². The molecular weight excluding hydrogens is 338 g/mol. The molecule has 0 spiro atoms. The monoisotopic (exact) mass is 361 g/mol. The lowest BCUT2D eigenvalue weighted by Crippen LogP contribution is -2.49. The van der Waals surface area contributed by atoms with Gasteiger partial charge >= 0.3 is 0 Å². The van der Waals surface area contributed by atoms with Gasteiger partial charge in [0.1, 0.15) is 0 Å². The number of likely N-dealkylation sites (tertiary alicyclic amines) is 1. The summed E-state index contributed by atoms with van der Waals surface area (Å²) in [4.78, 5) is 18.8. The largest absolute Gasteiger partial charge is 0.441 e. The molecule has 1 aromatic heterocycles. The zero-order chi connectivity index (χ0) is 17.8. The van der Waals surface area contributed by atoms with Gasteiger partial charge in [-0.15, -0.1) is 0 Å². The number of carbonyl (C=O) groups excluding carboxylic acids is 1. The average molecular weight is 362 g/mol. The van der Waals surface area contributed by atoms with Crippen LogP contribution in [0.15, 0.2) is 34.9 Å². The zero-order valence-corrected chi connectivity index (χ0v) is 15.2. The highest BCUT2D eigenvalue weighted by Gasteiger charge is 2.28. The van der Waals surface area contributed by atoms with Crippen molar-refractivity contribution in [2.45, 2.75) is 38.6 Å². The van der Waals surface area contributed by atoms with E-state index in [-0.39, 0.29) is 11.9 Å². The van der Waals surface area contributed by atoms with Crippen molar-refractivity contribution in [3.05, 3.63) is 41.4 Å². The molecule has 1 saturated heterocycles. The first-order valence-corrected chi connectivity index (χ1v) is 9.14. The van der Waals surface area contributed by atoms with E-state index < -0.39 is 0 Å². The number of carbonyl (C=O) groups is 1. The molecule has 2 heterocycles. The second kappa shape index (κ2) is 8.02. The number of halogens is 1. The van der Waals surface area contributed by atoms with Gasteiger partial charge in [-0.25, -0.2) is 4.98 Å². The summed E-state index contributed by atoms with van der Waals surface area (Å²) in [5, 5.41) is 0.680. The van der Waals surface area contributed by atoms with Gasteiger partial charge in [0.15, 0.2) is 11.7 Å². The third kappa shape index (κ3) is 4.41. The molecular formula is C19H24ClN3O2. The summed E-state index contributed by atoms with van der Waals surface area (Å²) in [5.41, 5.74) is 6.76. The van der Waals surface area contributed by atoms with Crippen LogP contribution in [0.3, 0.4) is 0 Å². The topological polar surface area (TPSA) is 72.4 Å². The van der Waals surface area contributed by atoms with E-state index in [1.807, 2.05) is 29.2 Å². The van der Waals surface area contributed by atoms with Gasteiger partial charge in [-0.1, -0.05) is 18.5 Å². The first-order chi connectivity index (χ1) is 12.1. The van der Waals surface area contributed by atoms with Gasteiger partial charge in [-0.05, 0) is 43.0 Å². The number of hydrogen-bond acceptors (Lipinski definition) is 4. The maximum Gasteiger partial charge on any atom is 0.223 e. The van der Waals surface area contributed by atoms with Crippen LogP contribution in [-0.4, -0.2) is 34.9 Å². The molecule has 1 aliphatic rings. The van der Waals surface area contributed by atoms with E-state index >= 15 is 0 Å². The lowest BCUT2D eigenvalue weighted by molar-refractivity contribution is -0.135. The number of piperidine rings is 1. The fraction of sp³-hybridized carbons (Fsp3) is 0.474. The van der Waals surface area contributed by atoms with Crippen LogP contribution in [0.4, 0.5) is 0 Å². The minimum Gasteiger partial charge on any atom is -0.441 e. The fourth-order valence-electron chi connectivity index (χ4n) is 3.33. The number of amides is 1. The standard InChI is InChI=1S/C19H24ClN3O2/c1-13-8-9-23(16(10-13)11-21)19(24)7-6-18-22-12-17(25-18)14-2-4-15(20)5-3-14/h2-5,12-13,16H,6-11,21H2,1H3. The van der Waals surface area contributed by atoms with Crippen molar-refractivity contribution in [2.75, 3.05) is 13.1 Å². The van der Waals surface area contributed by atoms with E-state index in [4.69, 9.17) is 21.8 Å². The van der Waals surface area contributed by atoms with E-state index in [9.17, 15) is 4.79 Å². The minimum absolute atomic E-state index is 0.133. The summed E-state index contributed by atoms with van der Waals surface area (Å²) in [6, 6.07) is 7.56. The molecule has 1 amide bonds. The number of rotatable bonds is 5. The Bertz CT molecular complexity index is 714. The molecule has 2 unspecified atom stereocenters. The Morgan fingerprint density at radius 2 is 2.16 bits per heavy atom. The number of nitrogens with zero attached hydrogens (tertiary/aromatic N) is 2. The SMILES string of the molecule is CC1CCN(C(=O)CCc2ncc(-c3ccc(Cl)cc3)o2)C(CN)C1. The highest BCUT2D eigenvalue weighted by Crippen LogP contribution is 2.24. The highest BCUT2D eigenvalue weighted by molar-refractivity contribution is 6.30. The molecule has 2 N–H and O–H groups in total. The number of nitrogens with two attached hydrogens (primary N) is 1. The smallest absolute Gasteiger partial charge is 0.223 e. The zero-order valence-electron chi connectivity index (χ0n) is 14.5. The first kappa shape index (κ1) is 18.0. The van der Waals surface area contributed by atoms with Gasteiger partial charge in [0.05, 0.1) is 6.20 Å². The van der Waals surface area contributed by atoms with Crippen molar-refractivity contribution in [3.63, 3.8) is 0 Å². The van der Waals surface area contributed by atoms with E-state index in [0.29, 0.717) is 42.0 Å². The van der Waals surface area contributed by atoms with Crippen LogP contribution < -0.4 is 5.73 Å². The summed E-state index contributed by atoms with van der Waals surface area (Å²) >= 11 is 5.90. The Kier molecular flexibility index (Phi) is 5.76. The summed E-state index contributed by atoms with van der Waals surface area (Å²) in [7, 11) is 0. The number of aryl methyl sites for hydroxylation is 1. The molecule has 0 aliphatic carbocycles. The molecule has 0 radical (unpaired) electrons. The van der Waals surface area contributed by atoms with Gasteiger partial charge in [0.25, 0.3) is 0 Å². The number of hydrogen-bond donors (Lipinski definition) is 1. The molecule has 1 fully saturated rings. The lowest BCUT2D eigenvalue weighted by Gasteiger charge is -2.38. The molecule has 1 aliphatic heterocycles. The van der Waals surface area contributed by atoms with Crippen molar-refractivity contribution < 1.29 is 9.21 Å². The van der Waals surface area contributed by atoms with Crippen LogP contribution >= 0.6 is 11.6 Å². The Morgan fingerprint density at radius 3 is 2.88 bits per heavy atom. The van der Waals surface area contributed by atoms with Gasteiger partial charge < -0.3 is 15.1 Å². The van der Waals surface area contributed by atoms with Crippen molar-refractivity contribution in [1.82, 2.24) is 9.88 Å². The quantitative estimate of drug-likeness (QED) is 0.884. The lowest BCUT2D eigenvalue weighted by atomic mass is 9.92. The van der Waals surface area contributed by atoms with Crippen LogP contribution in [-0.2, 0) is 11.2 Å². The fourth-order valence-corrected chi connectivity index (χ4v) is 3.46. The molecule has 2 aromatic rings. The van der Waals surface area contributed by atoms with E-state index in [1.54, 1.807) is 6.20 Å². The second-order valence-corrected chi connectivity index (χ2v) is 7.17. The van der Waals surface area contributed by atoms with E-state index in [2.05, 4.69) is 11.9 Å². The molecule has 134 valence electrons. The van der Waals surface area contributed by atoms with E-state index in [0.717, 1.165) is 24.9 Å². The van der Waals surface area contributed by atoms with Crippen molar-refractivity contribution in [3.8, 4) is 11.3 Å². The van der Waals surface area contributed by atoms with Gasteiger partial charge in [-0.3, -0.25) is 4.79 Å². The third-order valence-corrected chi connectivity index (χ3v) is 5.06. The van der Waals surface area contributed by atoms with Gasteiger partial charge in [-0.2, -0.15) is 0 Å². The van der Waals surface area contributed by atoms with Crippen molar-refractivity contribution >= 4 is 17.5 Å². The summed E-state index contributed by atoms with van der Waals surface area (Å²) in [6.45, 7) is 3.54. The van der Waals surface area contributed by atoms with Crippen LogP contribution in [0.2, 0.25) is 5.02 Å². The Labute approximate surface area is 153 Å². The Morgan fingerprint density at radius 1 is 1.40 bits per heavy atom. The Hall–Kier alpha value is -1.85. The number of benzene rings is 1. The summed E-state index contributed by atoms with van der Waals surface area (Å²) in [5.74, 6) is 2.03. The molecule has 3 rings (SSSR count). The van der Waals surface area contributed by atoms with Gasteiger partial charge in [0.2, 0.25) is 5.91 Å².